The molecular formula is C21H24N6O. The molecule has 2 aromatic heterocycles. The van der Waals surface area contributed by atoms with E-state index in [4.69, 9.17) is 0 Å². The molecule has 1 aromatic carbocycles. The Morgan fingerprint density at radius 3 is 2.61 bits per heavy atom. The van der Waals surface area contributed by atoms with E-state index >= 15 is 0 Å². The summed E-state index contributed by atoms with van der Waals surface area (Å²) in [5, 5.41) is 13.3. The molecule has 7 nitrogen and oxygen atoms in total. The Kier molecular flexibility index (Phi) is 4.97. The van der Waals surface area contributed by atoms with E-state index in [-0.39, 0.29) is 6.03 Å². The van der Waals surface area contributed by atoms with Crippen LogP contribution in [0.4, 0.5) is 22.0 Å². The molecular weight excluding hydrogens is 352 g/mol. The molecule has 4 rings (SSSR count). The first-order chi connectivity index (χ1) is 13.6. The average molecular weight is 376 g/mol. The molecule has 0 saturated carbocycles. The van der Waals surface area contributed by atoms with Gasteiger partial charge in [0, 0.05) is 30.2 Å². The van der Waals surface area contributed by atoms with Crippen molar-refractivity contribution in [2.24, 2.45) is 0 Å². The summed E-state index contributed by atoms with van der Waals surface area (Å²) in [4.78, 5) is 16.7. The Bertz CT molecular complexity index is 972. The molecule has 1 aliphatic heterocycles. The zero-order valence-corrected chi connectivity index (χ0v) is 16.1. The number of amides is 2. The molecule has 3 aromatic rings. The van der Waals surface area contributed by atoms with E-state index in [1.807, 2.05) is 42.8 Å². The Balaban J connectivity index is 1.37. The number of aryl methyl sites for hydroxylation is 3. The van der Waals surface area contributed by atoms with Gasteiger partial charge in [0.25, 0.3) is 0 Å². The highest BCUT2D eigenvalue weighted by atomic mass is 16.2. The number of aromatic nitrogens is 3. The van der Waals surface area contributed by atoms with Gasteiger partial charge in [-0.2, -0.15) is 5.10 Å². The fraction of sp³-hybridized carbons (Fsp3) is 0.286. The quantitative estimate of drug-likeness (QED) is 0.644. The van der Waals surface area contributed by atoms with Crippen LogP contribution in [0.25, 0.3) is 0 Å². The lowest BCUT2D eigenvalue weighted by Crippen LogP contribution is -2.22. The van der Waals surface area contributed by atoms with Gasteiger partial charge in [0.15, 0.2) is 0 Å². The van der Waals surface area contributed by atoms with E-state index in [9.17, 15) is 4.79 Å². The average Bonchev–Trinajstić information content (AvgIpc) is 3.05. The van der Waals surface area contributed by atoms with Gasteiger partial charge in [0.2, 0.25) is 0 Å². The van der Waals surface area contributed by atoms with Crippen molar-refractivity contribution in [2.45, 2.75) is 33.2 Å². The number of rotatable bonds is 4. The number of hydrogen-bond donors (Lipinski definition) is 3. The fourth-order valence-electron chi connectivity index (χ4n) is 3.52. The van der Waals surface area contributed by atoms with Crippen LogP contribution in [0, 0.1) is 13.8 Å². The third-order valence-electron chi connectivity index (χ3n) is 4.69. The van der Waals surface area contributed by atoms with Crippen LogP contribution in [0.15, 0.2) is 42.6 Å². The fourth-order valence-corrected chi connectivity index (χ4v) is 3.52. The van der Waals surface area contributed by atoms with Crippen LogP contribution in [-0.2, 0) is 13.0 Å². The molecule has 0 saturated heterocycles. The number of fused-ring (bicyclic) bond motifs is 1. The third kappa shape index (κ3) is 4.14. The van der Waals surface area contributed by atoms with Crippen LogP contribution in [-0.4, -0.2) is 27.3 Å². The molecule has 0 radical (unpaired) electrons. The Labute approximate surface area is 164 Å². The Hall–Kier alpha value is -3.35. The van der Waals surface area contributed by atoms with E-state index in [0.29, 0.717) is 5.69 Å². The Morgan fingerprint density at radius 2 is 1.86 bits per heavy atom. The maximum Gasteiger partial charge on any atom is 0.323 e. The minimum absolute atomic E-state index is 0.281. The van der Waals surface area contributed by atoms with Crippen LogP contribution in [0.1, 0.15) is 28.9 Å². The minimum Gasteiger partial charge on any atom is -0.368 e. The van der Waals surface area contributed by atoms with E-state index in [1.165, 1.54) is 11.1 Å². The molecule has 7 heteroatoms. The molecule has 2 amide bonds. The number of urea groups is 1. The third-order valence-corrected chi connectivity index (χ3v) is 4.69. The number of hydrogen-bond acceptors (Lipinski definition) is 4. The van der Waals surface area contributed by atoms with Crippen molar-refractivity contribution < 1.29 is 4.79 Å². The zero-order chi connectivity index (χ0) is 19.5. The highest BCUT2D eigenvalue weighted by Crippen LogP contribution is 2.24. The largest absolute Gasteiger partial charge is 0.368 e. The van der Waals surface area contributed by atoms with Gasteiger partial charge >= 0.3 is 6.03 Å². The molecule has 0 spiro atoms. The van der Waals surface area contributed by atoms with Gasteiger partial charge in [-0.05, 0) is 62.1 Å². The summed E-state index contributed by atoms with van der Waals surface area (Å²) in [5.41, 5.74) is 5.92. The first kappa shape index (κ1) is 18.0. The van der Waals surface area contributed by atoms with Crippen LogP contribution in [0.2, 0.25) is 0 Å². The predicted octanol–water partition coefficient (Wildman–Crippen LogP) is 3.95. The van der Waals surface area contributed by atoms with Crippen LogP contribution < -0.4 is 16.0 Å². The summed E-state index contributed by atoms with van der Waals surface area (Å²) in [6, 6.07) is 11.8. The number of pyridine rings is 1. The molecule has 3 heterocycles. The lowest BCUT2D eigenvalue weighted by molar-refractivity contribution is 0.262. The van der Waals surface area contributed by atoms with Crippen molar-refractivity contribution in [3.05, 3.63) is 65.1 Å². The second-order valence-electron chi connectivity index (χ2n) is 7.12. The van der Waals surface area contributed by atoms with E-state index in [1.54, 1.807) is 6.20 Å². The summed E-state index contributed by atoms with van der Waals surface area (Å²) in [7, 11) is 0. The first-order valence-electron chi connectivity index (χ1n) is 9.47. The maximum atomic E-state index is 12.3. The van der Waals surface area contributed by atoms with Crippen LogP contribution >= 0.6 is 0 Å². The molecule has 28 heavy (non-hydrogen) atoms. The second-order valence-corrected chi connectivity index (χ2v) is 7.12. The summed E-state index contributed by atoms with van der Waals surface area (Å²) >= 11 is 0. The van der Waals surface area contributed by atoms with Crippen molar-refractivity contribution in [3.8, 4) is 0 Å². The van der Waals surface area contributed by atoms with Crippen molar-refractivity contribution >= 4 is 23.2 Å². The van der Waals surface area contributed by atoms with E-state index in [2.05, 4.69) is 38.2 Å². The molecule has 144 valence electrons. The Morgan fingerprint density at radius 1 is 1.11 bits per heavy atom. The SMILES string of the molecule is Cc1cc(Cc2ccc(NC(=O)Nc3cnn4c3NCCC4)cc2)cc(C)n1. The first-order valence-corrected chi connectivity index (χ1v) is 9.47. The highest BCUT2D eigenvalue weighted by molar-refractivity contribution is 6.01. The minimum atomic E-state index is -0.281. The van der Waals surface area contributed by atoms with Crippen molar-refractivity contribution in [3.63, 3.8) is 0 Å². The number of anilines is 3. The van der Waals surface area contributed by atoms with Crippen molar-refractivity contribution in [1.82, 2.24) is 14.8 Å². The summed E-state index contributed by atoms with van der Waals surface area (Å²) in [6.07, 6.45) is 3.55. The van der Waals surface area contributed by atoms with E-state index < -0.39 is 0 Å². The lowest BCUT2D eigenvalue weighted by atomic mass is 10.0. The molecule has 0 bridgehead atoms. The predicted molar refractivity (Wildman–Crippen MR) is 111 cm³/mol. The van der Waals surface area contributed by atoms with Gasteiger partial charge in [0.05, 0.1) is 6.20 Å². The number of nitrogens with zero attached hydrogens (tertiary/aromatic N) is 3. The summed E-state index contributed by atoms with van der Waals surface area (Å²) < 4.78 is 1.87. The normalized spacial score (nSPS) is 12.8. The van der Waals surface area contributed by atoms with Gasteiger partial charge in [-0.3, -0.25) is 4.98 Å². The molecule has 0 aliphatic carbocycles. The smallest absolute Gasteiger partial charge is 0.323 e. The van der Waals surface area contributed by atoms with Crippen LogP contribution in [0.3, 0.4) is 0 Å². The van der Waals surface area contributed by atoms with Gasteiger partial charge in [-0.25, -0.2) is 9.48 Å². The molecule has 0 fully saturated rings. The van der Waals surface area contributed by atoms with Gasteiger partial charge < -0.3 is 16.0 Å². The summed E-state index contributed by atoms with van der Waals surface area (Å²) in [5.74, 6) is 0.861. The van der Waals surface area contributed by atoms with Crippen LogP contribution in [0.5, 0.6) is 0 Å². The van der Waals surface area contributed by atoms with Crippen molar-refractivity contribution in [2.75, 3.05) is 22.5 Å². The second kappa shape index (κ2) is 7.72. The van der Waals surface area contributed by atoms with Gasteiger partial charge in [-0.15, -0.1) is 0 Å². The number of carbonyl (C=O) groups excluding carboxylic acids is 1. The molecule has 3 N–H and O–H groups in total. The topological polar surface area (TPSA) is 83.9 Å². The maximum absolute atomic E-state index is 12.3. The molecule has 0 unspecified atom stereocenters. The number of nitrogens with one attached hydrogen (secondary N) is 3. The monoisotopic (exact) mass is 376 g/mol. The lowest BCUT2D eigenvalue weighted by Gasteiger charge is -2.17. The standard InChI is InChI=1S/C21H24N6O/c1-14-10-17(11-15(2)24-14)12-16-4-6-18(7-5-16)25-21(28)26-19-13-23-27-9-3-8-22-20(19)27/h4-7,10-11,13,22H,3,8-9,12H2,1-2H3,(H2,25,26,28). The van der Waals surface area contributed by atoms with E-state index in [0.717, 1.165) is 48.8 Å². The van der Waals surface area contributed by atoms with Gasteiger partial charge in [0.1, 0.15) is 11.5 Å². The highest BCUT2D eigenvalue weighted by Gasteiger charge is 2.16. The molecule has 0 atom stereocenters. The van der Waals surface area contributed by atoms with Gasteiger partial charge in [-0.1, -0.05) is 12.1 Å². The molecule has 1 aliphatic rings. The number of benzene rings is 1. The van der Waals surface area contributed by atoms with Crippen molar-refractivity contribution in [1.29, 1.82) is 0 Å². The zero-order valence-electron chi connectivity index (χ0n) is 16.1. The number of carbonyl (C=O) groups is 1. The summed E-state index contributed by atoms with van der Waals surface area (Å²) in [6.45, 7) is 5.77.